The highest BCUT2D eigenvalue weighted by Gasteiger charge is 2.17. The van der Waals surface area contributed by atoms with Crippen molar-refractivity contribution in [3.63, 3.8) is 0 Å². The maximum Gasteiger partial charge on any atom is 0.240 e. The molecule has 2 aromatic rings. The highest BCUT2D eigenvalue weighted by Crippen LogP contribution is 2.15. The van der Waals surface area contributed by atoms with Crippen LogP contribution in [0.2, 0.25) is 0 Å². The van der Waals surface area contributed by atoms with Crippen LogP contribution in [0.1, 0.15) is 37.3 Å². The minimum absolute atomic E-state index is 0.0411. The Balaban J connectivity index is 1.59. The zero-order chi connectivity index (χ0) is 17.5. The van der Waals surface area contributed by atoms with E-state index in [1.54, 1.807) is 10.9 Å². The fraction of sp³-hybridized carbons (Fsp3) is 0.333. The molecular weight excluding hydrogens is 318 g/mol. The van der Waals surface area contributed by atoms with Crippen molar-refractivity contribution in [3.8, 4) is 0 Å². The summed E-state index contributed by atoms with van der Waals surface area (Å²) in [6.07, 6.45) is 5.55. The minimum Gasteiger partial charge on any atom is -0.347 e. The second kappa shape index (κ2) is 8.23. The van der Waals surface area contributed by atoms with E-state index < -0.39 is 0 Å². The van der Waals surface area contributed by atoms with Crippen LogP contribution in [0.3, 0.4) is 0 Å². The summed E-state index contributed by atoms with van der Waals surface area (Å²) < 4.78 is 1.80. The second-order valence-corrected chi connectivity index (χ2v) is 5.97. The normalized spacial score (nSPS) is 15.2. The number of hydrogen-bond donors (Lipinski definition) is 2. The fourth-order valence-electron chi connectivity index (χ4n) is 2.73. The summed E-state index contributed by atoms with van der Waals surface area (Å²) in [4.78, 5) is 23.5. The zero-order valence-corrected chi connectivity index (χ0v) is 13.9. The topological polar surface area (TPSA) is 88.4 Å². The van der Waals surface area contributed by atoms with Crippen molar-refractivity contribution in [3.05, 3.63) is 54.4 Å². The zero-order valence-electron chi connectivity index (χ0n) is 13.9. The van der Waals surface area contributed by atoms with Crippen LogP contribution in [-0.4, -0.2) is 27.3 Å². The van der Waals surface area contributed by atoms with Crippen LogP contribution in [0.15, 0.2) is 53.9 Å². The van der Waals surface area contributed by atoms with Crippen molar-refractivity contribution >= 4 is 17.5 Å². The Kier molecular flexibility index (Phi) is 5.56. The number of rotatable bonds is 7. The monoisotopic (exact) mass is 339 g/mol. The number of benzene rings is 1. The van der Waals surface area contributed by atoms with Gasteiger partial charge in [-0.2, -0.15) is 10.2 Å². The van der Waals surface area contributed by atoms with Gasteiger partial charge < -0.3 is 5.32 Å². The Morgan fingerprint density at radius 2 is 2.08 bits per heavy atom. The number of hydrazone groups is 1. The maximum atomic E-state index is 12.4. The molecule has 1 atom stereocenters. The third-order valence-corrected chi connectivity index (χ3v) is 4.09. The predicted octanol–water partition coefficient (Wildman–Crippen LogP) is 1.79. The quantitative estimate of drug-likeness (QED) is 0.806. The average Bonchev–Trinajstić information content (AvgIpc) is 3.15. The molecule has 1 aliphatic rings. The molecule has 2 amide bonds. The first kappa shape index (κ1) is 16.9. The Hall–Kier alpha value is -2.96. The average molecular weight is 339 g/mol. The van der Waals surface area contributed by atoms with Crippen LogP contribution < -0.4 is 10.7 Å². The molecule has 3 rings (SSSR count). The Morgan fingerprint density at radius 3 is 2.76 bits per heavy atom. The first-order valence-electron chi connectivity index (χ1n) is 8.37. The number of carbonyl (C=O) groups excluding carboxylic acids is 2. The van der Waals surface area contributed by atoms with Crippen LogP contribution in [0, 0.1) is 0 Å². The standard InChI is InChI=1S/C18H21N5O2/c24-17(9-7-15-8-10-18(25)22-21-15)20-16(13-23-12-4-11-19-23)14-5-2-1-3-6-14/h1-6,11-12,16H,7-10,13H2,(H,20,24)(H,22,25). The van der Waals surface area contributed by atoms with E-state index in [0.29, 0.717) is 32.2 Å². The molecular formula is C18H21N5O2. The number of carbonyl (C=O) groups is 2. The van der Waals surface area contributed by atoms with Gasteiger partial charge in [-0.1, -0.05) is 30.3 Å². The van der Waals surface area contributed by atoms with E-state index >= 15 is 0 Å². The molecule has 7 nitrogen and oxygen atoms in total. The Morgan fingerprint density at radius 1 is 1.24 bits per heavy atom. The summed E-state index contributed by atoms with van der Waals surface area (Å²) in [7, 11) is 0. The molecule has 2 heterocycles. The summed E-state index contributed by atoms with van der Waals surface area (Å²) in [6, 6.07) is 11.6. The first-order chi connectivity index (χ1) is 12.2. The molecule has 0 aliphatic carbocycles. The molecule has 25 heavy (non-hydrogen) atoms. The summed E-state index contributed by atoms with van der Waals surface area (Å²) in [5, 5.41) is 11.3. The van der Waals surface area contributed by atoms with Gasteiger partial charge in [0.05, 0.1) is 12.6 Å². The first-order valence-corrected chi connectivity index (χ1v) is 8.37. The molecule has 0 saturated carbocycles. The number of nitrogens with one attached hydrogen (secondary N) is 2. The molecule has 7 heteroatoms. The van der Waals surface area contributed by atoms with E-state index in [4.69, 9.17) is 0 Å². The van der Waals surface area contributed by atoms with Crippen molar-refractivity contribution in [1.82, 2.24) is 20.5 Å². The molecule has 0 fully saturated rings. The van der Waals surface area contributed by atoms with Crippen LogP contribution in [0.5, 0.6) is 0 Å². The molecule has 0 spiro atoms. The SMILES string of the molecule is O=C1CCC(CCC(=O)NC(Cn2cccn2)c2ccccc2)=NN1. The van der Waals surface area contributed by atoms with Crippen LogP contribution >= 0.6 is 0 Å². The van der Waals surface area contributed by atoms with Crippen molar-refractivity contribution < 1.29 is 9.59 Å². The Labute approximate surface area is 146 Å². The molecule has 130 valence electrons. The maximum absolute atomic E-state index is 12.4. The van der Waals surface area contributed by atoms with Crippen LogP contribution in [0.25, 0.3) is 0 Å². The minimum atomic E-state index is -0.151. The van der Waals surface area contributed by atoms with Gasteiger partial charge in [0.25, 0.3) is 0 Å². The molecule has 1 aromatic carbocycles. The highest BCUT2D eigenvalue weighted by atomic mass is 16.2. The van der Waals surface area contributed by atoms with E-state index in [0.717, 1.165) is 11.3 Å². The van der Waals surface area contributed by atoms with Crippen LogP contribution in [-0.2, 0) is 16.1 Å². The lowest BCUT2D eigenvalue weighted by Gasteiger charge is -2.20. The van der Waals surface area contributed by atoms with Crippen molar-refractivity contribution in [2.24, 2.45) is 5.10 Å². The van der Waals surface area contributed by atoms with E-state index in [-0.39, 0.29) is 17.9 Å². The summed E-state index contributed by atoms with van der Waals surface area (Å²) in [6.45, 7) is 0.569. The van der Waals surface area contributed by atoms with Gasteiger partial charge in [-0.15, -0.1) is 0 Å². The molecule has 0 saturated heterocycles. The summed E-state index contributed by atoms with van der Waals surface area (Å²) in [5.74, 6) is -0.114. The smallest absolute Gasteiger partial charge is 0.240 e. The van der Waals surface area contributed by atoms with Gasteiger partial charge in [0, 0.05) is 30.9 Å². The van der Waals surface area contributed by atoms with Gasteiger partial charge in [0.15, 0.2) is 0 Å². The van der Waals surface area contributed by atoms with Gasteiger partial charge >= 0.3 is 0 Å². The number of nitrogens with zero attached hydrogens (tertiary/aromatic N) is 3. The summed E-state index contributed by atoms with van der Waals surface area (Å²) >= 11 is 0. The highest BCUT2D eigenvalue weighted by molar-refractivity contribution is 5.94. The van der Waals surface area contributed by atoms with Gasteiger partial charge in [0.1, 0.15) is 0 Å². The lowest BCUT2D eigenvalue weighted by molar-refractivity contribution is -0.122. The second-order valence-electron chi connectivity index (χ2n) is 5.97. The molecule has 1 aromatic heterocycles. The van der Waals surface area contributed by atoms with Crippen molar-refractivity contribution in [1.29, 1.82) is 0 Å². The molecule has 1 unspecified atom stereocenters. The van der Waals surface area contributed by atoms with Gasteiger partial charge in [-0.25, -0.2) is 5.43 Å². The van der Waals surface area contributed by atoms with Crippen LogP contribution in [0.4, 0.5) is 0 Å². The number of aromatic nitrogens is 2. The van der Waals surface area contributed by atoms with Gasteiger partial charge in [-0.3, -0.25) is 14.3 Å². The lowest BCUT2D eigenvalue weighted by Crippen LogP contribution is -2.32. The number of hydrogen-bond acceptors (Lipinski definition) is 4. The molecule has 0 bridgehead atoms. The largest absolute Gasteiger partial charge is 0.347 e. The Bertz CT molecular complexity index is 740. The van der Waals surface area contributed by atoms with E-state index in [2.05, 4.69) is 20.9 Å². The van der Waals surface area contributed by atoms with E-state index in [9.17, 15) is 9.59 Å². The summed E-state index contributed by atoms with van der Waals surface area (Å²) in [5.41, 5.74) is 4.35. The lowest BCUT2D eigenvalue weighted by atomic mass is 10.1. The third kappa shape index (κ3) is 5.00. The third-order valence-electron chi connectivity index (χ3n) is 4.09. The molecule has 0 radical (unpaired) electrons. The molecule has 2 N–H and O–H groups in total. The number of amides is 2. The van der Waals surface area contributed by atoms with E-state index in [1.807, 2.05) is 42.6 Å². The predicted molar refractivity (Wildman–Crippen MR) is 93.6 cm³/mol. The molecule has 1 aliphatic heterocycles. The van der Waals surface area contributed by atoms with E-state index in [1.165, 1.54) is 0 Å². The van der Waals surface area contributed by atoms with Gasteiger partial charge in [-0.05, 0) is 24.5 Å². The van der Waals surface area contributed by atoms with Gasteiger partial charge in [0.2, 0.25) is 11.8 Å². The van der Waals surface area contributed by atoms with Crippen molar-refractivity contribution in [2.75, 3.05) is 0 Å². The fourth-order valence-corrected chi connectivity index (χ4v) is 2.73. The van der Waals surface area contributed by atoms with Crippen molar-refractivity contribution in [2.45, 2.75) is 38.3 Å².